The molecule has 3 rings (SSSR count). The molecule has 2 unspecified atom stereocenters. The van der Waals surface area contributed by atoms with E-state index in [1.165, 1.54) is 5.56 Å². The summed E-state index contributed by atoms with van der Waals surface area (Å²) in [6.45, 7) is 4.28. The van der Waals surface area contributed by atoms with Gasteiger partial charge in [0, 0.05) is 32.1 Å². The molecule has 0 aromatic heterocycles. The summed E-state index contributed by atoms with van der Waals surface area (Å²) in [5, 5.41) is 15.6. The zero-order chi connectivity index (χ0) is 17.8. The normalized spacial score (nSPS) is 23.4. The molecule has 1 aromatic rings. The van der Waals surface area contributed by atoms with Gasteiger partial charge in [0.15, 0.2) is 0 Å². The van der Waals surface area contributed by atoms with Crippen LogP contribution in [-0.2, 0) is 16.1 Å². The summed E-state index contributed by atoms with van der Waals surface area (Å²) in [7, 11) is 0. The Hall–Kier alpha value is -1.63. The number of aryl methyl sites for hydroxylation is 1. The van der Waals surface area contributed by atoms with Crippen molar-refractivity contribution in [3.63, 3.8) is 0 Å². The molecule has 2 amide bonds. The smallest absolute Gasteiger partial charge is 0.239 e. The second-order valence-electron chi connectivity index (χ2n) is 7.15. The number of aliphatic hydroxyl groups excluding tert-OH is 1. The minimum absolute atomic E-state index is 0. The molecule has 2 heterocycles. The number of amides is 2. The van der Waals surface area contributed by atoms with Gasteiger partial charge in [-0.1, -0.05) is 29.8 Å². The lowest BCUT2D eigenvalue weighted by Crippen LogP contribution is -2.48. The van der Waals surface area contributed by atoms with Crippen LogP contribution in [0.3, 0.4) is 0 Å². The highest BCUT2D eigenvalue weighted by Gasteiger charge is 2.34. The zero-order valence-electron chi connectivity index (χ0n) is 15.1. The summed E-state index contributed by atoms with van der Waals surface area (Å²) in [4.78, 5) is 26.6. The van der Waals surface area contributed by atoms with E-state index in [4.69, 9.17) is 0 Å². The monoisotopic (exact) mass is 381 g/mol. The Labute approximate surface area is 160 Å². The molecule has 0 aliphatic carbocycles. The first kappa shape index (κ1) is 20.7. The number of benzene rings is 1. The number of carbonyl (C=O) groups excluding carboxylic acids is 2. The predicted octanol–water partition coefficient (Wildman–Crippen LogP) is 0.994. The molecule has 0 saturated carbocycles. The number of carbonyl (C=O) groups is 2. The van der Waals surface area contributed by atoms with Gasteiger partial charge in [-0.3, -0.25) is 9.59 Å². The number of halogens is 1. The summed E-state index contributed by atoms with van der Waals surface area (Å²) >= 11 is 0. The van der Waals surface area contributed by atoms with Gasteiger partial charge in [0.1, 0.15) is 0 Å². The van der Waals surface area contributed by atoms with E-state index in [0.29, 0.717) is 45.4 Å². The molecule has 0 radical (unpaired) electrons. The molecule has 0 bridgehead atoms. The van der Waals surface area contributed by atoms with Gasteiger partial charge in [0.2, 0.25) is 11.8 Å². The van der Waals surface area contributed by atoms with Gasteiger partial charge in [-0.05, 0) is 31.7 Å². The third kappa shape index (κ3) is 5.19. The fourth-order valence-electron chi connectivity index (χ4n) is 3.53. The third-order valence-electron chi connectivity index (χ3n) is 5.17. The van der Waals surface area contributed by atoms with E-state index < -0.39 is 6.10 Å². The van der Waals surface area contributed by atoms with Crippen molar-refractivity contribution in [2.75, 3.05) is 19.6 Å². The summed E-state index contributed by atoms with van der Waals surface area (Å²) in [5.41, 5.74) is 2.30. The Morgan fingerprint density at radius 2 is 1.88 bits per heavy atom. The van der Waals surface area contributed by atoms with Crippen molar-refractivity contribution >= 4 is 24.2 Å². The molecule has 7 heteroatoms. The molecule has 3 N–H and O–H groups in total. The van der Waals surface area contributed by atoms with Crippen LogP contribution in [0.15, 0.2) is 24.3 Å². The molecule has 0 spiro atoms. The summed E-state index contributed by atoms with van der Waals surface area (Å²) in [6, 6.07) is 7.86. The molecule has 2 saturated heterocycles. The fraction of sp³-hybridized carbons (Fsp3) is 0.579. The molecule has 6 nitrogen and oxygen atoms in total. The van der Waals surface area contributed by atoms with Crippen molar-refractivity contribution in [1.82, 2.24) is 15.5 Å². The third-order valence-corrected chi connectivity index (χ3v) is 5.17. The average molecular weight is 382 g/mol. The number of nitrogens with one attached hydrogen (secondary N) is 2. The van der Waals surface area contributed by atoms with Crippen LogP contribution >= 0.6 is 12.4 Å². The van der Waals surface area contributed by atoms with Gasteiger partial charge in [-0.2, -0.15) is 0 Å². The van der Waals surface area contributed by atoms with Gasteiger partial charge in [0.05, 0.1) is 12.1 Å². The molecule has 26 heavy (non-hydrogen) atoms. The predicted molar refractivity (Wildman–Crippen MR) is 102 cm³/mol. The maximum Gasteiger partial charge on any atom is 0.239 e. The Morgan fingerprint density at radius 1 is 1.23 bits per heavy atom. The summed E-state index contributed by atoms with van der Waals surface area (Å²) < 4.78 is 0. The highest BCUT2D eigenvalue weighted by atomic mass is 35.5. The van der Waals surface area contributed by atoms with Crippen LogP contribution in [0.25, 0.3) is 0 Å². The largest absolute Gasteiger partial charge is 0.392 e. The molecular weight excluding hydrogens is 354 g/mol. The summed E-state index contributed by atoms with van der Waals surface area (Å²) in [5.74, 6) is 0.0915. The van der Waals surface area contributed by atoms with E-state index in [2.05, 4.69) is 10.6 Å². The van der Waals surface area contributed by atoms with Crippen molar-refractivity contribution in [1.29, 1.82) is 0 Å². The number of hydrogen-bond acceptors (Lipinski definition) is 4. The lowest BCUT2D eigenvalue weighted by molar-refractivity contribution is -0.137. The number of aliphatic hydroxyl groups is 1. The van der Waals surface area contributed by atoms with Gasteiger partial charge >= 0.3 is 0 Å². The number of likely N-dealkylation sites (tertiary alicyclic amines) is 1. The van der Waals surface area contributed by atoms with Gasteiger partial charge in [0.25, 0.3) is 0 Å². The van der Waals surface area contributed by atoms with Crippen molar-refractivity contribution in [3.05, 3.63) is 35.4 Å². The molecule has 2 atom stereocenters. The van der Waals surface area contributed by atoms with Gasteiger partial charge < -0.3 is 20.6 Å². The van der Waals surface area contributed by atoms with E-state index in [9.17, 15) is 14.7 Å². The minimum atomic E-state index is -0.431. The lowest BCUT2D eigenvalue weighted by Gasteiger charge is -2.33. The van der Waals surface area contributed by atoms with Crippen molar-refractivity contribution in [3.8, 4) is 0 Å². The van der Waals surface area contributed by atoms with Crippen LogP contribution in [0.1, 0.15) is 30.4 Å². The highest BCUT2D eigenvalue weighted by Crippen LogP contribution is 2.20. The van der Waals surface area contributed by atoms with Crippen molar-refractivity contribution in [2.24, 2.45) is 5.92 Å². The Bertz CT molecular complexity index is 615. The van der Waals surface area contributed by atoms with E-state index in [1.54, 1.807) is 0 Å². The number of hydrogen-bond donors (Lipinski definition) is 3. The Morgan fingerprint density at radius 3 is 2.46 bits per heavy atom. The van der Waals surface area contributed by atoms with Crippen molar-refractivity contribution in [2.45, 2.75) is 44.9 Å². The summed E-state index contributed by atoms with van der Waals surface area (Å²) in [6.07, 6.45) is 1.44. The van der Waals surface area contributed by atoms with Gasteiger partial charge in [-0.25, -0.2) is 0 Å². The first-order valence-corrected chi connectivity index (χ1v) is 9.06. The fourth-order valence-corrected chi connectivity index (χ4v) is 3.53. The number of piperidine rings is 1. The minimum Gasteiger partial charge on any atom is -0.392 e. The first-order valence-electron chi connectivity index (χ1n) is 9.06. The standard InChI is InChI=1S/C19H27N3O3.ClH/c1-13-2-4-14(5-3-13)11-21-18(24)15-6-8-22(9-7-15)19(25)17-10-16(23)12-20-17;/h2-5,15-17,20,23H,6-12H2,1H3,(H,21,24);1H. The number of β-amino-alcohol motifs (C(OH)–C–C–N with tert-alkyl or cyclic N) is 1. The van der Waals surface area contributed by atoms with Crippen LogP contribution in [0.4, 0.5) is 0 Å². The van der Waals surface area contributed by atoms with Crippen LogP contribution in [0, 0.1) is 12.8 Å². The van der Waals surface area contributed by atoms with E-state index in [0.717, 1.165) is 5.56 Å². The molecule has 2 aliphatic rings. The quantitative estimate of drug-likeness (QED) is 0.726. The van der Waals surface area contributed by atoms with Crippen molar-refractivity contribution < 1.29 is 14.7 Å². The van der Waals surface area contributed by atoms with Crippen LogP contribution in [0.5, 0.6) is 0 Å². The maximum absolute atomic E-state index is 12.4. The zero-order valence-corrected chi connectivity index (χ0v) is 15.9. The van der Waals surface area contributed by atoms with Crippen LogP contribution in [-0.4, -0.2) is 53.6 Å². The first-order chi connectivity index (χ1) is 12.0. The maximum atomic E-state index is 12.4. The van der Waals surface area contributed by atoms with E-state index >= 15 is 0 Å². The SMILES string of the molecule is Cc1ccc(CNC(=O)C2CCN(C(=O)C3CC(O)CN3)CC2)cc1.Cl. The van der Waals surface area contributed by atoms with E-state index in [-0.39, 0.29) is 36.2 Å². The van der Waals surface area contributed by atoms with Gasteiger partial charge in [-0.15, -0.1) is 12.4 Å². The number of nitrogens with zero attached hydrogens (tertiary/aromatic N) is 1. The lowest BCUT2D eigenvalue weighted by atomic mass is 9.95. The molecule has 2 aliphatic heterocycles. The Kier molecular flexibility index (Phi) is 7.43. The molecule has 2 fully saturated rings. The molecule has 144 valence electrons. The van der Waals surface area contributed by atoms with E-state index in [1.807, 2.05) is 36.1 Å². The number of rotatable bonds is 4. The van der Waals surface area contributed by atoms with Crippen LogP contribution < -0.4 is 10.6 Å². The topological polar surface area (TPSA) is 81.7 Å². The average Bonchev–Trinajstić information content (AvgIpc) is 3.07. The van der Waals surface area contributed by atoms with Crippen LogP contribution in [0.2, 0.25) is 0 Å². The second kappa shape index (κ2) is 9.35. The molecule has 1 aromatic carbocycles. The molecular formula is C19H28ClN3O3. The second-order valence-corrected chi connectivity index (χ2v) is 7.15. The Balaban J connectivity index is 0.00000243. The highest BCUT2D eigenvalue weighted by molar-refractivity contribution is 5.85.